The van der Waals surface area contributed by atoms with Crippen molar-refractivity contribution < 1.29 is 8.42 Å². The largest absolute Gasteiger partial charge is 0.370 e. The molecule has 2 aromatic heterocycles. The van der Waals surface area contributed by atoms with E-state index in [1.54, 1.807) is 12.4 Å². The highest BCUT2D eigenvalue weighted by Crippen LogP contribution is 2.29. The van der Waals surface area contributed by atoms with Gasteiger partial charge >= 0.3 is 0 Å². The Balaban J connectivity index is 1.55. The second-order valence-corrected chi connectivity index (χ2v) is 8.45. The number of nitrogens with zero attached hydrogens (tertiary/aromatic N) is 4. The molecule has 0 radical (unpaired) electrons. The molecule has 8 heteroatoms. The maximum atomic E-state index is 13.0. The Kier molecular flexibility index (Phi) is 5.29. The molecule has 3 heterocycles. The van der Waals surface area contributed by atoms with Crippen molar-refractivity contribution >= 4 is 21.4 Å². The van der Waals surface area contributed by atoms with Crippen molar-refractivity contribution in [2.24, 2.45) is 0 Å². The van der Waals surface area contributed by atoms with E-state index in [0.717, 1.165) is 37.2 Å². The van der Waals surface area contributed by atoms with Gasteiger partial charge < -0.3 is 4.90 Å². The van der Waals surface area contributed by atoms with Crippen LogP contribution >= 0.6 is 0 Å². The van der Waals surface area contributed by atoms with Crippen LogP contribution < -0.4 is 9.62 Å². The number of aryl methyl sites for hydroxylation is 2. The molecule has 1 aliphatic rings. The minimum absolute atomic E-state index is 0.152. The van der Waals surface area contributed by atoms with E-state index in [2.05, 4.69) is 19.7 Å². The summed E-state index contributed by atoms with van der Waals surface area (Å²) in [6.45, 7) is 2.33. The first-order valence-electron chi connectivity index (χ1n) is 9.41. The molecule has 0 spiro atoms. The maximum Gasteiger partial charge on any atom is 0.279 e. The van der Waals surface area contributed by atoms with Crippen LogP contribution in [0.1, 0.15) is 18.4 Å². The first kappa shape index (κ1) is 18.5. The molecule has 4 rings (SSSR count). The van der Waals surface area contributed by atoms with E-state index in [-0.39, 0.29) is 5.03 Å². The van der Waals surface area contributed by atoms with E-state index in [0.29, 0.717) is 18.7 Å². The summed E-state index contributed by atoms with van der Waals surface area (Å²) in [5.41, 5.74) is 2.50. The lowest BCUT2D eigenvalue weighted by atomic mass is 10.1. The fourth-order valence-electron chi connectivity index (χ4n) is 3.49. The van der Waals surface area contributed by atoms with Crippen molar-refractivity contribution in [3.05, 3.63) is 66.6 Å². The van der Waals surface area contributed by atoms with E-state index in [4.69, 9.17) is 0 Å². The molecule has 1 saturated heterocycles. The Bertz CT molecular complexity index is 1030. The lowest BCUT2D eigenvalue weighted by Crippen LogP contribution is -2.23. The zero-order valence-corrected chi connectivity index (χ0v) is 16.3. The lowest BCUT2D eigenvalue weighted by Gasteiger charge is -2.21. The van der Waals surface area contributed by atoms with Crippen molar-refractivity contribution in [2.75, 3.05) is 22.7 Å². The maximum absolute atomic E-state index is 13.0. The molecule has 0 saturated carbocycles. The van der Waals surface area contributed by atoms with Gasteiger partial charge in [0.15, 0.2) is 5.03 Å². The Hall–Kier alpha value is -2.87. The zero-order valence-electron chi connectivity index (χ0n) is 15.5. The van der Waals surface area contributed by atoms with Crippen LogP contribution in [0.25, 0.3) is 0 Å². The van der Waals surface area contributed by atoms with Crippen LogP contribution in [0.3, 0.4) is 0 Å². The predicted molar refractivity (Wildman–Crippen MR) is 109 cm³/mol. The van der Waals surface area contributed by atoms with Crippen LogP contribution in [0.4, 0.5) is 11.4 Å². The molecule has 1 fully saturated rings. The first-order chi connectivity index (χ1) is 13.6. The van der Waals surface area contributed by atoms with E-state index in [9.17, 15) is 8.42 Å². The molecule has 0 amide bonds. The molecule has 7 nitrogen and oxygen atoms in total. The van der Waals surface area contributed by atoms with Crippen LogP contribution in [-0.2, 0) is 23.0 Å². The highest BCUT2D eigenvalue weighted by Gasteiger charge is 2.23. The summed E-state index contributed by atoms with van der Waals surface area (Å²) in [5, 5.41) is 4.36. The predicted octanol–water partition coefficient (Wildman–Crippen LogP) is 2.92. The standard InChI is InChI=1S/C20H23N5O2S/c26-28(27,23-18-16-21-11-8-19(18)24-13-4-5-14-24)20-9-12-22-25(20)15-10-17-6-2-1-3-7-17/h1-3,6-9,11-12,16,23H,4-5,10,13-15H2. The lowest BCUT2D eigenvalue weighted by molar-refractivity contribution is 0.539. The van der Waals surface area contributed by atoms with Crippen molar-refractivity contribution in [3.8, 4) is 0 Å². The summed E-state index contributed by atoms with van der Waals surface area (Å²) in [6, 6.07) is 13.3. The van der Waals surface area contributed by atoms with Gasteiger partial charge in [0.05, 0.1) is 23.8 Å². The molecule has 0 bridgehead atoms. The smallest absolute Gasteiger partial charge is 0.279 e. The van der Waals surface area contributed by atoms with Gasteiger partial charge in [-0.2, -0.15) is 13.5 Å². The van der Waals surface area contributed by atoms with Gasteiger partial charge in [-0.15, -0.1) is 0 Å². The van der Waals surface area contributed by atoms with E-state index in [1.807, 2.05) is 36.4 Å². The summed E-state index contributed by atoms with van der Waals surface area (Å²) >= 11 is 0. The number of rotatable bonds is 7. The van der Waals surface area contributed by atoms with Gasteiger partial charge in [-0.05, 0) is 37.0 Å². The highest BCUT2D eigenvalue weighted by atomic mass is 32.2. The zero-order chi connectivity index (χ0) is 19.4. The third kappa shape index (κ3) is 4.01. The Morgan fingerprint density at radius 2 is 1.79 bits per heavy atom. The van der Waals surface area contributed by atoms with Gasteiger partial charge in [0, 0.05) is 25.8 Å². The highest BCUT2D eigenvalue weighted by molar-refractivity contribution is 7.92. The number of aromatic nitrogens is 3. The molecule has 146 valence electrons. The molecule has 3 aromatic rings. The summed E-state index contributed by atoms with van der Waals surface area (Å²) in [7, 11) is -3.77. The summed E-state index contributed by atoms with van der Waals surface area (Å²) < 4.78 is 30.3. The minimum Gasteiger partial charge on any atom is -0.370 e. The fraction of sp³-hybridized carbons (Fsp3) is 0.300. The summed E-state index contributed by atoms with van der Waals surface area (Å²) in [6.07, 6.45) is 7.70. The normalized spacial score (nSPS) is 14.4. The topological polar surface area (TPSA) is 80.1 Å². The van der Waals surface area contributed by atoms with Gasteiger partial charge in [0.1, 0.15) is 0 Å². The molecular formula is C20H23N5O2S. The Labute approximate surface area is 165 Å². The van der Waals surface area contributed by atoms with Crippen molar-refractivity contribution in [3.63, 3.8) is 0 Å². The molecule has 1 aliphatic heterocycles. The monoisotopic (exact) mass is 397 g/mol. The third-order valence-electron chi connectivity index (χ3n) is 4.90. The van der Waals surface area contributed by atoms with Crippen molar-refractivity contribution in [2.45, 2.75) is 30.8 Å². The number of hydrogen-bond acceptors (Lipinski definition) is 5. The van der Waals surface area contributed by atoms with Gasteiger partial charge in [-0.1, -0.05) is 30.3 Å². The number of nitrogens with one attached hydrogen (secondary N) is 1. The van der Waals surface area contributed by atoms with Gasteiger partial charge in [-0.25, -0.2) is 0 Å². The third-order valence-corrected chi connectivity index (χ3v) is 6.28. The molecule has 1 N–H and O–H groups in total. The molecule has 0 atom stereocenters. The van der Waals surface area contributed by atoms with Crippen LogP contribution in [0, 0.1) is 0 Å². The van der Waals surface area contributed by atoms with Gasteiger partial charge in [0.25, 0.3) is 10.0 Å². The quantitative estimate of drug-likeness (QED) is 0.663. The Morgan fingerprint density at radius 1 is 1.00 bits per heavy atom. The molecule has 1 aromatic carbocycles. The first-order valence-corrected chi connectivity index (χ1v) is 10.9. The molecule has 28 heavy (non-hydrogen) atoms. The second kappa shape index (κ2) is 8.02. The minimum atomic E-state index is -3.77. The average molecular weight is 398 g/mol. The number of pyridine rings is 1. The van der Waals surface area contributed by atoms with Crippen LogP contribution in [0.5, 0.6) is 0 Å². The SMILES string of the molecule is O=S(=O)(Nc1cnccc1N1CCCC1)c1ccnn1CCc1ccccc1. The van der Waals surface area contributed by atoms with E-state index in [1.165, 1.54) is 16.9 Å². The summed E-state index contributed by atoms with van der Waals surface area (Å²) in [5.74, 6) is 0. The van der Waals surface area contributed by atoms with E-state index >= 15 is 0 Å². The number of benzene rings is 1. The van der Waals surface area contributed by atoms with Gasteiger partial charge in [-0.3, -0.25) is 14.4 Å². The van der Waals surface area contributed by atoms with Crippen LogP contribution in [-0.4, -0.2) is 36.3 Å². The van der Waals surface area contributed by atoms with E-state index < -0.39 is 10.0 Å². The van der Waals surface area contributed by atoms with Crippen molar-refractivity contribution in [1.82, 2.24) is 14.8 Å². The fourth-order valence-corrected chi connectivity index (χ4v) is 4.70. The molecular weight excluding hydrogens is 374 g/mol. The van der Waals surface area contributed by atoms with Crippen LogP contribution in [0.15, 0.2) is 66.1 Å². The Morgan fingerprint density at radius 3 is 2.57 bits per heavy atom. The average Bonchev–Trinajstić information content (AvgIpc) is 3.40. The molecule has 0 aliphatic carbocycles. The van der Waals surface area contributed by atoms with Crippen LogP contribution in [0.2, 0.25) is 0 Å². The second-order valence-electron chi connectivity index (χ2n) is 6.82. The number of anilines is 2. The summed E-state index contributed by atoms with van der Waals surface area (Å²) in [4.78, 5) is 6.29. The number of sulfonamides is 1. The van der Waals surface area contributed by atoms with Gasteiger partial charge in [0.2, 0.25) is 0 Å². The molecule has 0 unspecified atom stereocenters. The number of hydrogen-bond donors (Lipinski definition) is 1. The van der Waals surface area contributed by atoms with Crippen molar-refractivity contribution in [1.29, 1.82) is 0 Å².